The molecule has 0 saturated heterocycles. The Hall–Kier alpha value is -1.83. The van der Waals surface area contributed by atoms with Crippen molar-refractivity contribution in [3.63, 3.8) is 0 Å². The lowest BCUT2D eigenvalue weighted by molar-refractivity contribution is -0.384. The SMILES string of the molecule is CC(C)C(O)CNCc1csc(-c2cccc([N+](=O)[O-])c2)n1. The van der Waals surface area contributed by atoms with Crippen molar-refractivity contribution < 1.29 is 10.0 Å². The lowest BCUT2D eigenvalue weighted by atomic mass is 10.1. The lowest BCUT2D eigenvalue weighted by Gasteiger charge is -2.14. The van der Waals surface area contributed by atoms with Crippen molar-refractivity contribution in [3.05, 3.63) is 45.5 Å². The first-order valence-electron chi connectivity index (χ1n) is 7.05. The highest BCUT2D eigenvalue weighted by molar-refractivity contribution is 7.13. The van der Waals surface area contributed by atoms with Crippen molar-refractivity contribution in [2.75, 3.05) is 6.54 Å². The third kappa shape index (κ3) is 4.33. The van der Waals surface area contributed by atoms with Crippen molar-refractivity contribution in [2.24, 2.45) is 5.92 Å². The number of nitrogens with zero attached hydrogens (tertiary/aromatic N) is 2. The van der Waals surface area contributed by atoms with E-state index in [1.165, 1.54) is 23.5 Å². The lowest BCUT2D eigenvalue weighted by Crippen LogP contribution is -2.30. The minimum Gasteiger partial charge on any atom is -0.392 e. The number of thiazole rings is 1. The van der Waals surface area contributed by atoms with E-state index in [-0.39, 0.29) is 17.7 Å². The zero-order valence-corrected chi connectivity index (χ0v) is 13.3. The molecule has 0 amide bonds. The smallest absolute Gasteiger partial charge is 0.270 e. The zero-order valence-electron chi connectivity index (χ0n) is 12.5. The normalized spacial score (nSPS) is 12.5. The zero-order chi connectivity index (χ0) is 16.1. The van der Waals surface area contributed by atoms with Gasteiger partial charge in [0.1, 0.15) is 5.01 Å². The van der Waals surface area contributed by atoms with Gasteiger partial charge in [-0.3, -0.25) is 10.1 Å². The fourth-order valence-electron chi connectivity index (χ4n) is 1.86. The Morgan fingerprint density at radius 2 is 2.23 bits per heavy atom. The number of aliphatic hydroxyl groups excluding tert-OH is 1. The van der Waals surface area contributed by atoms with E-state index in [1.54, 1.807) is 6.07 Å². The van der Waals surface area contributed by atoms with Gasteiger partial charge in [0.25, 0.3) is 5.69 Å². The van der Waals surface area contributed by atoms with Gasteiger partial charge >= 0.3 is 0 Å². The molecular weight excluding hydrogens is 302 g/mol. The standard InChI is InChI=1S/C15H19N3O3S/c1-10(2)14(19)8-16-7-12-9-22-15(17-12)11-4-3-5-13(6-11)18(20)21/h3-6,9-10,14,16,19H,7-8H2,1-2H3. The number of nitro benzene ring substituents is 1. The summed E-state index contributed by atoms with van der Waals surface area (Å²) in [5.41, 5.74) is 1.67. The Labute approximate surface area is 133 Å². The number of nitro groups is 1. The van der Waals surface area contributed by atoms with Crippen molar-refractivity contribution in [1.29, 1.82) is 0 Å². The third-order valence-corrected chi connectivity index (χ3v) is 4.22. The number of hydrogen-bond donors (Lipinski definition) is 2. The number of nitrogens with one attached hydrogen (secondary N) is 1. The molecule has 118 valence electrons. The number of aliphatic hydroxyl groups is 1. The summed E-state index contributed by atoms with van der Waals surface area (Å²) >= 11 is 1.45. The van der Waals surface area contributed by atoms with Crippen molar-refractivity contribution in [3.8, 4) is 10.6 Å². The molecule has 1 atom stereocenters. The molecule has 0 radical (unpaired) electrons. The van der Waals surface area contributed by atoms with Crippen LogP contribution in [-0.2, 0) is 6.54 Å². The molecule has 2 rings (SSSR count). The molecule has 0 fully saturated rings. The van der Waals surface area contributed by atoms with Crippen LogP contribution in [0.2, 0.25) is 0 Å². The Balaban J connectivity index is 1.99. The largest absolute Gasteiger partial charge is 0.392 e. The van der Waals surface area contributed by atoms with Gasteiger partial charge in [0.2, 0.25) is 0 Å². The number of benzene rings is 1. The van der Waals surface area contributed by atoms with Crippen LogP contribution in [0.15, 0.2) is 29.6 Å². The van der Waals surface area contributed by atoms with Crippen molar-refractivity contribution >= 4 is 17.0 Å². The summed E-state index contributed by atoms with van der Waals surface area (Å²) in [6.45, 7) is 5.02. The van der Waals surface area contributed by atoms with Gasteiger partial charge in [0.05, 0.1) is 16.7 Å². The summed E-state index contributed by atoms with van der Waals surface area (Å²) in [5.74, 6) is 0.211. The summed E-state index contributed by atoms with van der Waals surface area (Å²) in [4.78, 5) is 14.9. The van der Waals surface area contributed by atoms with Gasteiger partial charge in [-0.1, -0.05) is 26.0 Å². The van der Waals surface area contributed by atoms with Gasteiger partial charge in [-0.2, -0.15) is 0 Å². The number of non-ortho nitro benzene ring substituents is 1. The fourth-order valence-corrected chi connectivity index (χ4v) is 2.67. The molecular formula is C15H19N3O3S. The van der Waals surface area contributed by atoms with Crippen LogP contribution in [0.1, 0.15) is 19.5 Å². The molecule has 1 aromatic carbocycles. The highest BCUT2D eigenvalue weighted by atomic mass is 32.1. The molecule has 0 aliphatic carbocycles. The fraction of sp³-hybridized carbons (Fsp3) is 0.400. The van der Waals surface area contributed by atoms with E-state index in [1.807, 2.05) is 25.3 Å². The van der Waals surface area contributed by atoms with Crippen molar-refractivity contribution in [1.82, 2.24) is 10.3 Å². The molecule has 22 heavy (non-hydrogen) atoms. The van der Waals surface area contributed by atoms with E-state index in [9.17, 15) is 15.2 Å². The van der Waals surface area contributed by atoms with Gasteiger partial charge < -0.3 is 10.4 Å². The number of rotatable bonds is 7. The highest BCUT2D eigenvalue weighted by Gasteiger charge is 2.11. The van der Waals surface area contributed by atoms with Crippen LogP contribution in [-0.4, -0.2) is 27.7 Å². The van der Waals surface area contributed by atoms with Crippen LogP contribution in [0.25, 0.3) is 10.6 Å². The first-order valence-corrected chi connectivity index (χ1v) is 7.93. The van der Waals surface area contributed by atoms with Crippen LogP contribution < -0.4 is 5.32 Å². The minimum atomic E-state index is -0.410. The number of hydrogen-bond acceptors (Lipinski definition) is 6. The Bertz CT molecular complexity index is 642. The first-order chi connectivity index (χ1) is 10.5. The summed E-state index contributed by atoms with van der Waals surface area (Å²) in [6.07, 6.45) is -0.380. The molecule has 2 aromatic rings. The molecule has 1 heterocycles. The second-order valence-corrected chi connectivity index (χ2v) is 6.25. The van der Waals surface area contributed by atoms with Crippen LogP contribution in [0, 0.1) is 16.0 Å². The maximum atomic E-state index is 10.8. The van der Waals surface area contributed by atoms with Crippen LogP contribution >= 0.6 is 11.3 Å². The Kier molecular flexibility index (Phi) is 5.59. The van der Waals surface area contributed by atoms with Crippen molar-refractivity contribution in [2.45, 2.75) is 26.5 Å². The van der Waals surface area contributed by atoms with Crippen LogP contribution in [0.3, 0.4) is 0 Å². The Morgan fingerprint density at radius 3 is 2.91 bits per heavy atom. The van der Waals surface area contributed by atoms with Crippen LogP contribution in [0.4, 0.5) is 5.69 Å². The molecule has 0 bridgehead atoms. The molecule has 0 aliphatic rings. The predicted octanol–water partition coefficient (Wildman–Crippen LogP) is 2.82. The second kappa shape index (κ2) is 7.44. The van der Waals surface area contributed by atoms with Gasteiger partial charge in [-0.25, -0.2) is 4.98 Å². The predicted molar refractivity (Wildman–Crippen MR) is 86.8 cm³/mol. The maximum absolute atomic E-state index is 10.8. The molecule has 0 aliphatic heterocycles. The van der Waals surface area contributed by atoms with Gasteiger partial charge in [-0.15, -0.1) is 11.3 Å². The molecule has 7 heteroatoms. The molecule has 1 unspecified atom stereocenters. The van der Waals surface area contributed by atoms with Gasteiger partial charge in [0, 0.05) is 36.2 Å². The summed E-state index contributed by atoms with van der Waals surface area (Å²) in [7, 11) is 0. The van der Waals surface area contributed by atoms with E-state index in [2.05, 4.69) is 10.3 Å². The summed E-state index contributed by atoms with van der Waals surface area (Å²) in [6, 6.07) is 6.46. The average molecular weight is 321 g/mol. The highest BCUT2D eigenvalue weighted by Crippen LogP contribution is 2.26. The van der Waals surface area contributed by atoms with Gasteiger partial charge in [0.15, 0.2) is 0 Å². The maximum Gasteiger partial charge on any atom is 0.270 e. The first kappa shape index (κ1) is 16.5. The van der Waals surface area contributed by atoms with E-state index >= 15 is 0 Å². The van der Waals surface area contributed by atoms with Gasteiger partial charge in [-0.05, 0) is 5.92 Å². The molecule has 1 aromatic heterocycles. The molecule has 2 N–H and O–H groups in total. The second-order valence-electron chi connectivity index (χ2n) is 5.39. The van der Waals surface area contributed by atoms with E-state index in [0.717, 1.165) is 16.3 Å². The molecule has 0 saturated carbocycles. The minimum absolute atomic E-state index is 0.0624. The topological polar surface area (TPSA) is 88.3 Å². The quantitative estimate of drug-likeness (QED) is 0.605. The third-order valence-electron chi connectivity index (χ3n) is 3.28. The monoisotopic (exact) mass is 321 g/mol. The molecule has 0 spiro atoms. The summed E-state index contributed by atoms with van der Waals surface area (Å²) < 4.78 is 0. The number of aromatic nitrogens is 1. The van der Waals surface area contributed by atoms with E-state index < -0.39 is 4.92 Å². The van der Waals surface area contributed by atoms with E-state index in [4.69, 9.17) is 0 Å². The van der Waals surface area contributed by atoms with E-state index in [0.29, 0.717) is 13.1 Å². The van der Waals surface area contributed by atoms with Crippen LogP contribution in [0.5, 0.6) is 0 Å². The summed E-state index contributed by atoms with van der Waals surface area (Å²) in [5, 5.41) is 26.4. The Morgan fingerprint density at radius 1 is 1.45 bits per heavy atom. The molecule has 6 nitrogen and oxygen atoms in total. The average Bonchev–Trinajstić information content (AvgIpc) is 2.96.